The summed E-state index contributed by atoms with van der Waals surface area (Å²) < 4.78 is 14.2. The summed E-state index contributed by atoms with van der Waals surface area (Å²) in [6.45, 7) is 0.446. The molecule has 0 unspecified atom stereocenters. The fourth-order valence-electron chi connectivity index (χ4n) is 9.10. The molecule has 0 bridgehead atoms. The number of hydrogen-bond donors (Lipinski definition) is 2. The quantitative estimate of drug-likeness (QED) is 0.145. The van der Waals surface area contributed by atoms with Gasteiger partial charge < -0.3 is 19.7 Å². The average molecular weight is 803 g/mol. The van der Waals surface area contributed by atoms with Crippen molar-refractivity contribution >= 4 is 64.4 Å². The summed E-state index contributed by atoms with van der Waals surface area (Å²) in [4.78, 5) is 2.51. The molecule has 8 aromatic carbocycles. The molecule has 0 saturated heterocycles. The molecular weight excluding hydrogens is 765 g/mol. The molecule has 2 heterocycles. The Morgan fingerprint density at radius 2 is 0.847 bits per heavy atom. The Kier molecular flexibility index (Phi) is 8.82. The van der Waals surface area contributed by atoms with Crippen molar-refractivity contribution in [1.29, 1.82) is 0 Å². The van der Waals surface area contributed by atoms with Crippen LogP contribution in [0.15, 0.2) is 170 Å². The van der Waals surface area contributed by atoms with Crippen LogP contribution in [0, 0.1) is 0 Å². The second kappa shape index (κ2) is 14.5. The fourth-order valence-corrected chi connectivity index (χ4v) is 11.2. The summed E-state index contributed by atoms with van der Waals surface area (Å²) in [6.07, 6.45) is 0. The highest BCUT2D eigenvalue weighted by molar-refractivity contribution is 7.22. The predicted octanol–water partition coefficient (Wildman–Crippen LogP) is 12.9. The number of benzene rings is 8. The molecule has 2 aromatic heterocycles. The van der Waals surface area contributed by atoms with Crippen molar-refractivity contribution in [2.45, 2.75) is 5.41 Å². The van der Waals surface area contributed by atoms with E-state index in [1.165, 1.54) is 74.4 Å². The number of ether oxygens (including phenoxy) is 2. The van der Waals surface area contributed by atoms with Crippen LogP contribution in [-0.4, -0.2) is 36.6 Å². The Morgan fingerprint density at radius 1 is 0.407 bits per heavy atom. The first-order chi connectivity index (χ1) is 29.1. The van der Waals surface area contributed by atoms with Gasteiger partial charge in [-0.2, -0.15) is 0 Å². The molecule has 11 rings (SSSR count). The monoisotopic (exact) mass is 802 g/mol. The second-order valence-corrected chi connectivity index (χ2v) is 17.3. The molecule has 1 aliphatic rings. The van der Waals surface area contributed by atoms with Crippen molar-refractivity contribution < 1.29 is 19.7 Å². The van der Waals surface area contributed by atoms with E-state index in [2.05, 4.69) is 158 Å². The Bertz CT molecular complexity index is 2950. The zero-order valence-electron chi connectivity index (χ0n) is 32.0. The van der Waals surface area contributed by atoms with Crippen molar-refractivity contribution in [3.8, 4) is 43.5 Å². The van der Waals surface area contributed by atoms with Crippen molar-refractivity contribution in [2.75, 3.05) is 26.4 Å². The summed E-state index contributed by atoms with van der Waals surface area (Å²) >= 11 is 3.68. The molecule has 10 aromatic rings. The first-order valence-corrected chi connectivity index (χ1v) is 21.6. The van der Waals surface area contributed by atoms with Gasteiger partial charge in [0.2, 0.25) is 0 Å². The van der Waals surface area contributed by atoms with Gasteiger partial charge in [-0.05, 0) is 150 Å². The van der Waals surface area contributed by atoms with Crippen LogP contribution in [0.4, 0.5) is 0 Å². The van der Waals surface area contributed by atoms with E-state index in [0.29, 0.717) is 0 Å². The average Bonchev–Trinajstić information content (AvgIpc) is 4.00. The Balaban J connectivity index is 1.17. The molecular formula is C53H38O4S2. The lowest BCUT2D eigenvalue weighted by Gasteiger charge is -2.34. The minimum atomic E-state index is -0.650. The molecule has 0 atom stereocenters. The number of rotatable bonds is 10. The third kappa shape index (κ3) is 6.02. The lowest BCUT2D eigenvalue weighted by molar-refractivity contribution is 0.201. The third-order valence-electron chi connectivity index (χ3n) is 11.8. The van der Waals surface area contributed by atoms with Crippen LogP contribution in [0.5, 0.6) is 11.5 Å². The second-order valence-electron chi connectivity index (χ2n) is 15.2. The van der Waals surface area contributed by atoms with Crippen LogP contribution in [-0.2, 0) is 5.41 Å². The highest BCUT2D eigenvalue weighted by atomic mass is 32.1. The summed E-state index contributed by atoms with van der Waals surface area (Å²) in [5.41, 5.74) is 9.09. The Labute approximate surface area is 349 Å². The van der Waals surface area contributed by atoms with Crippen LogP contribution in [0.3, 0.4) is 0 Å². The largest absolute Gasteiger partial charge is 0.491 e. The molecule has 0 amide bonds. The van der Waals surface area contributed by atoms with E-state index in [9.17, 15) is 10.2 Å². The maximum Gasteiger partial charge on any atom is 0.120 e. The lowest BCUT2D eigenvalue weighted by Crippen LogP contribution is -2.28. The van der Waals surface area contributed by atoms with E-state index in [4.69, 9.17) is 9.47 Å². The van der Waals surface area contributed by atoms with Gasteiger partial charge >= 0.3 is 0 Å². The fraction of sp³-hybridized carbons (Fsp3) is 0.0943. The standard InChI is InChI=1S/C53H38O4S2/c54-21-23-56-43-17-11-33-25-41(15-9-35(33)27-43)53(42-16-10-36-28-44(57-24-22-55)18-12-34(36)26-42)47-19-13-39(51-31-37-5-1-3-7-49(37)58-51)29-45(47)46-30-40(14-20-48(46)53)52-32-38-6-2-4-8-50(38)59-52/h1-20,25-32,54-55H,21-24H2. The number of aliphatic hydroxyl groups is 2. The van der Waals surface area contributed by atoms with Crippen LogP contribution in [0.25, 0.3) is 73.7 Å². The Hall–Kier alpha value is -6.28. The molecule has 0 saturated carbocycles. The van der Waals surface area contributed by atoms with Crippen LogP contribution >= 0.6 is 22.7 Å². The lowest BCUT2D eigenvalue weighted by atomic mass is 9.67. The number of aliphatic hydroxyl groups excluding tert-OH is 2. The topological polar surface area (TPSA) is 58.9 Å². The molecule has 0 spiro atoms. The molecule has 4 nitrogen and oxygen atoms in total. The number of fused-ring (bicyclic) bond motifs is 7. The molecule has 6 heteroatoms. The van der Waals surface area contributed by atoms with Crippen molar-refractivity contribution in [2.24, 2.45) is 0 Å². The predicted molar refractivity (Wildman–Crippen MR) is 246 cm³/mol. The first kappa shape index (κ1) is 35.8. The van der Waals surface area contributed by atoms with Gasteiger partial charge in [0.1, 0.15) is 24.7 Å². The van der Waals surface area contributed by atoms with Crippen molar-refractivity contribution in [3.63, 3.8) is 0 Å². The van der Waals surface area contributed by atoms with Crippen LogP contribution in [0.2, 0.25) is 0 Å². The molecule has 1 aliphatic carbocycles. The maximum atomic E-state index is 9.40. The summed E-state index contributed by atoms with van der Waals surface area (Å²) in [5.74, 6) is 1.48. The van der Waals surface area contributed by atoms with E-state index in [1.54, 1.807) is 0 Å². The molecule has 286 valence electrons. The van der Waals surface area contributed by atoms with E-state index in [1.807, 2.05) is 34.8 Å². The van der Waals surface area contributed by atoms with Crippen LogP contribution in [0.1, 0.15) is 22.3 Å². The van der Waals surface area contributed by atoms with E-state index < -0.39 is 5.41 Å². The van der Waals surface area contributed by atoms with Gasteiger partial charge in [-0.1, -0.05) is 97.1 Å². The summed E-state index contributed by atoms with van der Waals surface area (Å²) in [5, 5.41) is 25.7. The molecule has 0 fully saturated rings. The third-order valence-corrected chi connectivity index (χ3v) is 14.1. The smallest absolute Gasteiger partial charge is 0.120 e. The molecule has 59 heavy (non-hydrogen) atoms. The van der Waals surface area contributed by atoms with Crippen molar-refractivity contribution in [1.82, 2.24) is 0 Å². The number of hydrogen-bond acceptors (Lipinski definition) is 6. The zero-order chi connectivity index (χ0) is 39.5. The molecule has 0 aliphatic heterocycles. The van der Waals surface area contributed by atoms with Gasteiger partial charge in [0.05, 0.1) is 18.6 Å². The first-order valence-electron chi connectivity index (χ1n) is 19.9. The van der Waals surface area contributed by atoms with Crippen molar-refractivity contribution in [3.05, 3.63) is 192 Å². The number of thiophene rings is 2. The van der Waals surface area contributed by atoms with Gasteiger partial charge in [-0.15, -0.1) is 22.7 Å². The highest BCUT2D eigenvalue weighted by Crippen LogP contribution is 2.58. The van der Waals surface area contributed by atoms with Gasteiger partial charge in [-0.25, -0.2) is 0 Å². The summed E-state index contributed by atoms with van der Waals surface area (Å²) in [7, 11) is 0. The van der Waals surface area contributed by atoms with Gasteiger partial charge in [0.15, 0.2) is 0 Å². The van der Waals surface area contributed by atoms with Gasteiger partial charge in [0, 0.05) is 19.2 Å². The van der Waals surface area contributed by atoms with Gasteiger partial charge in [0.25, 0.3) is 0 Å². The van der Waals surface area contributed by atoms with E-state index in [0.717, 1.165) is 33.0 Å². The van der Waals surface area contributed by atoms with E-state index in [-0.39, 0.29) is 26.4 Å². The van der Waals surface area contributed by atoms with E-state index >= 15 is 0 Å². The molecule has 0 radical (unpaired) electrons. The summed E-state index contributed by atoms with van der Waals surface area (Å²) in [6, 6.07) is 62.2. The highest BCUT2D eigenvalue weighted by Gasteiger charge is 2.46. The Morgan fingerprint density at radius 3 is 1.31 bits per heavy atom. The van der Waals surface area contributed by atoms with Crippen LogP contribution < -0.4 is 9.47 Å². The SMILES string of the molecule is OCCOc1ccc2cc(C3(c4ccc5cc(OCCO)ccc5c4)c4ccc(-c5cc6ccccc6s5)cc4-c4cc(-c5cc6ccccc6s5)ccc43)ccc2c1. The van der Waals surface area contributed by atoms with Gasteiger partial charge in [-0.3, -0.25) is 0 Å². The minimum absolute atomic E-state index is 0.0314. The maximum absolute atomic E-state index is 9.40. The molecule has 2 N–H and O–H groups in total. The normalized spacial score (nSPS) is 13.0. The minimum Gasteiger partial charge on any atom is -0.491 e. The zero-order valence-corrected chi connectivity index (χ0v) is 33.7.